The third-order valence-corrected chi connectivity index (χ3v) is 4.31. The molecule has 3 atom stereocenters. The van der Waals surface area contributed by atoms with Crippen LogP contribution in [0.4, 0.5) is 0 Å². The maximum Gasteiger partial charge on any atom is 0.321 e. The van der Waals surface area contributed by atoms with Gasteiger partial charge in [0.2, 0.25) is 0 Å². The predicted molar refractivity (Wildman–Crippen MR) is 63.9 cm³/mol. The normalized spacial score (nSPS) is 36.4. The van der Waals surface area contributed by atoms with Gasteiger partial charge in [-0.3, -0.25) is 9.69 Å². The van der Waals surface area contributed by atoms with Crippen LogP contribution in [0.2, 0.25) is 0 Å². The lowest BCUT2D eigenvalue weighted by Crippen LogP contribution is -2.50. The Bertz CT molecular complexity index is 262. The average Bonchev–Trinajstić information content (AvgIpc) is 2.64. The minimum absolute atomic E-state index is 0.236. The van der Waals surface area contributed by atoms with Crippen molar-refractivity contribution in [3.63, 3.8) is 0 Å². The Morgan fingerprint density at radius 1 is 1.56 bits per heavy atom. The number of aliphatic carboxylic acids is 1. The number of hydrogen-bond donors (Lipinski definition) is 1. The molecule has 2 saturated heterocycles. The molecule has 0 spiro atoms. The number of carbonyl (C=O) groups is 1. The monoisotopic (exact) mass is 245 g/mol. The van der Waals surface area contributed by atoms with Crippen molar-refractivity contribution in [2.24, 2.45) is 0 Å². The van der Waals surface area contributed by atoms with E-state index < -0.39 is 5.97 Å². The molecule has 92 valence electrons. The molecule has 2 aliphatic heterocycles. The number of thioether (sulfide) groups is 1. The Labute approximate surface area is 100 Å². The van der Waals surface area contributed by atoms with Crippen LogP contribution in [-0.2, 0) is 9.53 Å². The van der Waals surface area contributed by atoms with Gasteiger partial charge in [-0.1, -0.05) is 0 Å². The molecular weight excluding hydrogens is 226 g/mol. The highest BCUT2D eigenvalue weighted by molar-refractivity contribution is 7.99. The smallest absolute Gasteiger partial charge is 0.321 e. The first-order valence-corrected chi connectivity index (χ1v) is 7.02. The molecule has 5 heteroatoms. The van der Waals surface area contributed by atoms with Crippen LogP contribution in [0, 0.1) is 0 Å². The minimum Gasteiger partial charge on any atom is -0.480 e. The van der Waals surface area contributed by atoms with Crippen LogP contribution < -0.4 is 0 Å². The van der Waals surface area contributed by atoms with Crippen LogP contribution >= 0.6 is 11.8 Å². The summed E-state index contributed by atoms with van der Waals surface area (Å²) >= 11 is 1.73. The summed E-state index contributed by atoms with van der Waals surface area (Å²) in [7, 11) is 0. The summed E-state index contributed by atoms with van der Waals surface area (Å²) in [6.07, 6.45) is 2.75. The van der Waals surface area contributed by atoms with E-state index in [-0.39, 0.29) is 12.1 Å². The largest absolute Gasteiger partial charge is 0.480 e. The lowest BCUT2D eigenvalue weighted by atomic mass is 10.1. The van der Waals surface area contributed by atoms with Gasteiger partial charge in [-0.05, 0) is 19.8 Å². The molecular formula is C11H19NO3S. The first-order chi connectivity index (χ1) is 7.66. The highest BCUT2D eigenvalue weighted by Gasteiger charge is 2.32. The number of nitrogens with zero attached hydrogens (tertiary/aromatic N) is 1. The van der Waals surface area contributed by atoms with E-state index in [0.717, 1.165) is 31.7 Å². The maximum absolute atomic E-state index is 11.1. The predicted octanol–water partition coefficient (Wildman–Crippen LogP) is 1.06. The van der Waals surface area contributed by atoms with E-state index in [4.69, 9.17) is 9.84 Å². The van der Waals surface area contributed by atoms with Gasteiger partial charge in [-0.2, -0.15) is 11.8 Å². The number of carboxylic acid groups (broad SMARTS) is 1. The van der Waals surface area contributed by atoms with Gasteiger partial charge in [0.15, 0.2) is 0 Å². The van der Waals surface area contributed by atoms with E-state index >= 15 is 0 Å². The van der Waals surface area contributed by atoms with E-state index in [1.54, 1.807) is 11.8 Å². The fraction of sp³-hybridized carbons (Fsp3) is 0.909. The van der Waals surface area contributed by atoms with Crippen LogP contribution in [0.5, 0.6) is 0 Å². The Balaban J connectivity index is 1.88. The standard InChI is InChI=1S/C11H19NO3S/c1-8-2-3-9(15-8)6-12-4-5-16-7-10(12)11(13)14/h8-10H,2-7H2,1H3,(H,13,14). The SMILES string of the molecule is CC1CCC(CN2CCSCC2C(=O)O)O1. The molecule has 0 saturated carbocycles. The van der Waals surface area contributed by atoms with Crippen LogP contribution in [-0.4, -0.2) is 58.8 Å². The first kappa shape index (κ1) is 12.2. The van der Waals surface area contributed by atoms with Gasteiger partial charge in [0.1, 0.15) is 6.04 Å². The van der Waals surface area contributed by atoms with Crippen molar-refractivity contribution in [1.29, 1.82) is 0 Å². The zero-order chi connectivity index (χ0) is 11.5. The molecule has 4 nitrogen and oxygen atoms in total. The zero-order valence-electron chi connectivity index (χ0n) is 9.59. The van der Waals surface area contributed by atoms with E-state index in [2.05, 4.69) is 11.8 Å². The third kappa shape index (κ3) is 2.90. The lowest BCUT2D eigenvalue weighted by molar-refractivity contribution is -0.143. The number of ether oxygens (including phenoxy) is 1. The molecule has 0 aromatic carbocycles. The fourth-order valence-electron chi connectivity index (χ4n) is 2.37. The van der Waals surface area contributed by atoms with Gasteiger partial charge in [-0.25, -0.2) is 0 Å². The second kappa shape index (κ2) is 5.38. The van der Waals surface area contributed by atoms with Gasteiger partial charge < -0.3 is 9.84 Å². The van der Waals surface area contributed by atoms with Crippen molar-refractivity contribution in [3.8, 4) is 0 Å². The fourth-order valence-corrected chi connectivity index (χ4v) is 3.47. The van der Waals surface area contributed by atoms with Crippen molar-refractivity contribution in [2.75, 3.05) is 24.6 Å². The van der Waals surface area contributed by atoms with Crippen molar-refractivity contribution in [3.05, 3.63) is 0 Å². The third-order valence-electron chi connectivity index (χ3n) is 3.28. The van der Waals surface area contributed by atoms with Crippen molar-refractivity contribution < 1.29 is 14.6 Å². The number of hydrogen-bond acceptors (Lipinski definition) is 4. The molecule has 2 aliphatic rings. The van der Waals surface area contributed by atoms with Crippen molar-refractivity contribution in [2.45, 2.75) is 38.0 Å². The molecule has 3 unspecified atom stereocenters. The van der Waals surface area contributed by atoms with Crippen LogP contribution in [0.1, 0.15) is 19.8 Å². The summed E-state index contributed by atoms with van der Waals surface area (Å²) in [5, 5.41) is 9.14. The molecule has 2 rings (SSSR count). The Kier molecular flexibility index (Phi) is 4.10. The molecule has 0 aromatic rings. The van der Waals surface area contributed by atoms with Gasteiger partial charge in [0, 0.05) is 24.6 Å². The number of carboxylic acids is 1. The van der Waals surface area contributed by atoms with Crippen LogP contribution in [0.3, 0.4) is 0 Å². The number of rotatable bonds is 3. The Morgan fingerprint density at radius 2 is 2.38 bits per heavy atom. The quantitative estimate of drug-likeness (QED) is 0.805. The summed E-state index contributed by atoms with van der Waals surface area (Å²) in [5.74, 6) is 1.04. The summed E-state index contributed by atoms with van der Waals surface area (Å²) in [6.45, 7) is 3.73. The maximum atomic E-state index is 11.1. The molecule has 16 heavy (non-hydrogen) atoms. The van der Waals surface area contributed by atoms with E-state index in [1.807, 2.05) is 0 Å². The lowest BCUT2D eigenvalue weighted by Gasteiger charge is -2.34. The van der Waals surface area contributed by atoms with Crippen LogP contribution in [0.15, 0.2) is 0 Å². The van der Waals surface area contributed by atoms with E-state index in [0.29, 0.717) is 11.9 Å². The molecule has 0 radical (unpaired) electrons. The van der Waals surface area contributed by atoms with Crippen molar-refractivity contribution >= 4 is 17.7 Å². The van der Waals surface area contributed by atoms with E-state index in [1.165, 1.54) is 0 Å². The average molecular weight is 245 g/mol. The zero-order valence-corrected chi connectivity index (χ0v) is 10.4. The molecule has 0 amide bonds. The van der Waals surface area contributed by atoms with Gasteiger partial charge in [-0.15, -0.1) is 0 Å². The van der Waals surface area contributed by atoms with Crippen LogP contribution in [0.25, 0.3) is 0 Å². The first-order valence-electron chi connectivity index (χ1n) is 5.87. The summed E-state index contributed by atoms with van der Waals surface area (Å²) in [5.41, 5.74) is 0. The highest BCUT2D eigenvalue weighted by Crippen LogP contribution is 2.23. The van der Waals surface area contributed by atoms with Gasteiger partial charge in [0.25, 0.3) is 0 Å². The summed E-state index contributed by atoms with van der Waals surface area (Å²) in [4.78, 5) is 13.2. The Hall–Kier alpha value is -0.260. The summed E-state index contributed by atoms with van der Waals surface area (Å²) < 4.78 is 5.75. The second-order valence-corrected chi connectivity index (χ2v) is 5.72. The Morgan fingerprint density at radius 3 is 3.00 bits per heavy atom. The molecule has 0 aliphatic carbocycles. The second-order valence-electron chi connectivity index (χ2n) is 4.57. The van der Waals surface area contributed by atoms with Gasteiger partial charge in [0.05, 0.1) is 12.2 Å². The molecule has 2 fully saturated rings. The van der Waals surface area contributed by atoms with Crippen molar-refractivity contribution in [1.82, 2.24) is 4.90 Å². The highest BCUT2D eigenvalue weighted by atomic mass is 32.2. The topological polar surface area (TPSA) is 49.8 Å². The van der Waals surface area contributed by atoms with E-state index in [9.17, 15) is 4.79 Å². The molecule has 0 bridgehead atoms. The molecule has 2 heterocycles. The minimum atomic E-state index is -0.696. The summed E-state index contributed by atoms with van der Waals surface area (Å²) in [6, 6.07) is -0.321. The molecule has 0 aromatic heterocycles. The van der Waals surface area contributed by atoms with Gasteiger partial charge >= 0.3 is 5.97 Å². The molecule has 1 N–H and O–H groups in total.